The molecule has 0 rings (SSSR count). The third-order valence-electron chi connectivity index (χ3n) is 14.4. The van der Waals surface area contributed by atoms with E-state index < -0.39 is 12.1 Å². The Hall–Kier alpha value is -4.51. The number of aliphatic hydroxyl groups excluding tert-OH is 2. The fourth-order valence-electron chi connectivity index (χ4n) is 9.25. The molecule has 0 aliphatic rings. The second-order valence-electron chi connectivity index (χ2n) is 22.1. The summed E-state index contributed by atoms with van der Waals surface area (Å²) in [5.74, 6) is -0.108. The van der Waals surface area contributed by atoms with E-state index >= 15 is 0 Å². The van der Waals surface area contributed by atoms with Crippen LogP contribution < -0.4 is 5.32 Å². The molecule has 0 radical (unpaired) electrons. The number of unbranched alkanes of at least 4 members (excludes halogenated alkanes) is 25. The van der Waals surface area contributed by atoms with Crippen molar-refractivity contribution in [3.8, 4) is 0 Å². The fraction of sp³-hybridized carbons (Fsp3) is 0.603. The summed E-state index contributed by atoms with van der Waals surface area (Å²) in [6, 6.07) is -0.675. The molecule has 2 unspecified atom stereocenters. The van der Waals surface area contributed by atoms with E-state index in [1.54, 1.807) is 6.08 Å². The van der Waals surface area contributed by atoms with Crippen LogP contribution in [-0.4, -0.2) is 34.9 Å². The molecular weight excluding hydrogens is 999 g/mol. The maximum atomic E-state index is 12.5. The largest absolute Gasteiger partial charge is 0.394 e. The van der Waals surface area contributed by atoms with E-state index in [1.807, 2.05) is 6.08 Å². The van der Waals surface area contributed by atoms with Crippen molar-refractivity contribution in [3.63, 3.8) is 0 Å². The summed E-state index contributed by atoms with van der Waals surface area (Å²) in [7, 11) is 0. The summed E-state index contributed by atoms with van der Waals surface area (Å²) < 4.78 is 0. The molecule has 0 bridgehead atoms. The third kappa shape index (κ3) is 66.3. The van der Waals surface area contributed by atoms with E-state index in [9.17, 15) is 15.0 Å². The van der Waals surface area contributed by atoms with Crippen LogP contribution in [-0.2, 0) is 4.79 Å². The zero-order valence-corrected chi connectivity index (χ0v) is 53.2. The molecule has 0 spiro atoms. The van der Waals surface area contributed by atoms with Crippen molar-refractivity contribution < 1.29 is 15.0 Å². The normalized spacial score (nSPS) is 14.0. The number of amides is 1. The molecular formula is C78H127NO3. The second kappa shape index (κ2) is 70.8. The Labute approximate surface area is 508 Å². The van der Waals surface area contributed by atoms with Gasteiger partial charge in [0.2, 0.25) is 5.91 Å². The third-order valence-corrected chi connectivity index (χ3v) is 14.4. The molecule has 0 aromatic rings. The predicted molar refractivity (Wildman–Crippen MR) is 367 cm³/mol. The van der Waals surface area contributed by atoms with Crippen LogP contribution in [0, 0.1) is 0 Å². The molecule has 0 aliphatic carbocycles. The minimum absolute atomic E-state index is 0.108. The van der Waals surface area contributed by atoms with Crippen LogP contribution in [0.5, 0.6) is 0 Å². The van der Waals surface area contributed by atoms with Gasteiger partial charge < -0.3 is 15.5 Å². The molecule has 2 atom stereocenters. The van der Waals surface area contributed by atoms with Crippen molar-refractivity contribution in [1.29, 1.82) is 0 Å². The average Bonchev–Trinajstić information content (AvgIpc) is 3.50. The molecule has 0 aliphatic heterocycles. The lowest BCUT2D eigenvalue weighted by Gasteiger charge is -2.19. The highest BCUT2D eigenvalue weighted by Crippen LogP contribution is 2.16. The van der Waals surface area contributed by atoms with Crippen molar-refractivity contribution >= 4 is 5.91 Å². The molecule has 0 saturated heterocycles. The van der Waals surface area contributed by atoms with Gasteiger partial charge in [0.15, 0.2) is 0 Å². The lowest BCUT2D eigenvalue weighted by atomic mass is 10.0. The highest BCUT2D eigenvalue weighted by molar-refractivity contribution is 5.76. The van der Waals surface area contributed by atoms with Gasteiger partial charge in [0.05, 0.1) is 18.8 Å². The quantitative estimate of drug-likeness (QED) is 0.0420. The van der Waals surface area contributed by atoms with E-state index in [1.165, 1.54) is 128 Å². The molecule has 0 aromatic heterocycles. The number of carbonyl (C=O) groups excluding carboxylic acids is 1. The van der Waals surface area contributed by atoms with E-state index in [0.29, 0.717) is 6.42 Å². The van der Waals surface area contributed by atoms with E-state index in [4.69, 9.17) is 0 Å². The van der Waals surface area contributed by atoms with Gasteiger partial charge in [-0.15, -0.1) is 0 Å². The van der Waals surface area contributed by atoms with Crippen LogP contribution in [0.3, 0.4) is 0 Å². The second-order valence-corrected chi connectivity index (χ2v) is 22.1. The first kappa shape index (κ1) is 77.5. The molecule has 0 saturated carbocycles. The highest BCUT2D eigenvalue weighted by atomic mass is 16.3. The number of allylic oxidation sites excluding steroid dienone is 29. The number of aliphatic hydroxyl groups is 2. The van der Waals surface area contributed by atoms with Gasteiger partial charge in [0.25, 0.3) is 0 Å². The topological polar surface area (TPSA) is 69.6 Å². The maximum Gasteiger partial charge on any atom is 0.220 e. The van der Waals surface area contributed by atoms with Crippen molar-refractivity contribution in [1.82, 2.24) is 5.32 Å². The first-order chi connectivity index (χ1) is 40.7. The smallest absolute Gasteiger partial charge is 0.220 e. The van der Waals surface area contributed by atoms with Gasteiger partial charge >= 0.3 is 0 Å². The fourth-order valence-corrected chi connectivity index (χ4v) is 9.25. The Balaban J connectivity index is 3.70. The summed E-state index contributed by atoms with van der Waals surface area (Å²) >= 11 is 0. The maximum absolute atomic E-state index is 12.5. The standard InChI is InChI=1S/C78H127NO3/c1-3-5-7-9-11-13-15-17-19-21-23-25-27-29-31-33-34-35-36-37-38-39-40-41-42-43-44-46-48-50-52-54-56-58-60-62-64-66-68-70-72-74-78(82)79-76(75-80)77(81)73-71-69-67-65-63-61-59-57-55-53-51-49-47-45-32-30-28-26-24-22-20-18-16-14-12-10-8-6-4-2/h5,7,11,13,17,19,23,25,29,31,34-35,37-38,40-41,43-44,48,50,54-57,60,62-63,65,71,73,76-77,80-81H,3-4,6,8-10,12,14-16,18,20-22,24,26-28,30,32-33,36,39,42,45-47,49,51-53,58-59,61,64,66-70,72,74-75H2,1-2H3,(H,79,82)/b7-5-,13-11-,19-17-,25-23-,31-29-,35-34-,38-37-,41-40-,44-43-,50-48-,56-54-,57-55+,62-60-,65-63+,73-71+. The first-order valence-corrected chi connectivity index (χ1v) is 34.0. The lowest BCUT2D eigenvalue weighted by molar-refractivity contribution is -0.123. The molecule has 3 N–H and O–H groups in total. The van der Waals surface area contributed by atoms with Gasteiger partial charge in [-0.1, -0.05) is 325 Å². The van der Waals surface area contributed by atoms with Crippen molar-refractivity contribution in [2.45, 2.75) is 296 Å². The number of carbonyl (C=O) groups is 1. The zero-order valence-electron chi connectivity index (χ0n) is 53.2. The van der Waals surface area contributed by atoms with Crippen LogP contribution in [0.2, 0.25) is 0 Å². The van der Waals surface area contributed by atoms with Crippen LogP contribution in [0.1, 0.15) is 284 Å². The molecule has 0 fully saturated rings. The Morgan fingerprint density at radius 2 is 0.549 bits per heavy atom. The molecule has 0 aromatic carbocycles. The van der Waals surface area contributed by atoms with E-state index in [0.717, 1.165) is 135 Å². The summed E-state index contributed by atoms with van der Waals surface area (Å²) in [6.45, 7) is 4.18. The SMILES string of the molecule is CC/C=C\C/C=C\C/C=C\C/C=C\C/C=C\C/C=C\C/C=C\C/C=C\C/C=C\C/C=C\C/C=C\C/C=C\CCCCCCC(=O)NC(CO)C(O)/C=C/CC/C=C/CC/C=C/CCCCCCCCCCCCCCCCCCCCC. The van der Waals surface area contributed by atoms with Gasteiger partial charge in [-0.25, -0.2) is 0 Å². The molecule has 82 heavy (non-hydrogen) atoms. The van der Waals surface area contributed by atoms with Crippen molar-refractivity contribution in [2.75, 3.05) is 6.61 Å². The number of hydrogen-bond acceptors (Lipinski definition) is 3. The minimum Gasteiger partial charge on any atom is -0.394 e. The van der Waals surface area contributed by atoms with E-state index in [2.05, 4.69) is 189 Å². The van der Waals surface area contributed by atoms with Crippen LogP contribution in [0.25, 0.3) is 0 Å². The molecule has 1 amide bonds. The first-order valence-electron chi connectivity index (χ1n) is 34.0. The summed E-state index contributed by atoms with van der Waals surface area (Å²) in [5, 5.41) is 23.2. The number of rotatable bonds is 60. The molecule has 4 heteroatoms. The number of hydrogen-bond donors (Lipinski definition) is 3. The molecule has 0 heterocycles. The van der Waals surface area contributed by atoms with E-state index in [-0.39, 0.29) is 12.5 Å². The summed E-state index contributed by atoms with van der Waals surface area (Å²) in [5.41, 5.74) is 0. The monoisotopic (exact) mass is 1130 g/mol. The van der Waals surface area contributed by atoms with Gasteiger partial charge in [0, 0.05) is 6.42 Å². The Bertz CT molecular complexity index is 1810. The van der Waals surface area contributed by atoms with Gasteiger partial charge in [0.1, 0.15) is 0 Å². The van der Waals surface area contributed by atoms with Crippen LogP contribution in [0.15, 0.2) is 182 Å². The zero-order chi connectivity index (χ0) is 59.1. The average molecular weight is 1130 g/mol. The lowest BCUT2D eigenvalue weighted by Crippen LogP contribution is -2.45. The Kier molecular flexibility index (Phi) is 66.9. The Morgan fingerprint density at radius 3 is 0.854 bits per heavy atom. The van der Waals surface area contributed by atoms with Crippen molar-refractivity contribution in [2.24, 2.45) is 0 Å². The van der Waals surface area contributed by atoms with Crippen LogP contribution >= 0.6 is 0 Å². The van der Waals surface area contributed by atoms with Gasteiger partial charge in [-0.05, 0) is 135 Å². The molecule has 462 valence electrons. The summed E-state index contributed by atoms with van der Waals surface area (Å²) in [6.07, 6.45) is 115. The van der Waals surface area contributed by atoms with Crippen LogP contribution in [0.4, 0.5) is 0 Å². The van der Waals surface area contributed by atoms with Crippen molar-refractivity contribution in [3.05, 3.63) is 182 Å². The van der Waals surface area contributed by atoms with Gasteiger partial charge in [-0.3, -0.25) is 4.79 Å². The van der Waals surface area contributed by atoms with Gasteiger partial charge in [-0.2, -0.15) is 0 Å². The predicted octanol–water partition coefficient (Wildman–Crippen LogP) is 23.6. The summed E-state index contributed by atoms with van der Waals surface area (Å²) in [4.78, 5) is 12.5. The Morgan fingerprint density at radius 1 is 0.305 bits per heavy atom. The highest BCUT2D eigenvalue weighted by Gasteiger charge is 2.18. The molecule has 4 nitrogen and oxygen atoms in total. The number of nitrogens with one attached hydrogen (secondary N) is 1. The minimum atomic E-state index is -0.897.